The minimum Gasteiger partial charge on any atom is -0.490 e. The van der Waals surface area contributed by atoms with E-state index >= 15 is 0 Å². The van der Waals surface area contributed by atoms with Crippen LogP contribution in [0.25, 0.3) is 0 Å². The zero-order valence-corrected chi connectivity index (χ0v) is 26.7. The standard InChI is InChI=1S/C31H44F3N3O6S/c1-21-17-37(22(2)20-38)30(39)27-16-26(35-44(5,40)41)13-14-28(27)43-23(3)8-6-7-15-42-29(21)19-36(4)18-24-9-11-25(12-10-24)31(32,33)34/h9-14,16,21-23,29,35,38H,6-8,15,17-20H2,1-5H3/t21-,22-,23-,29+/m0/s1. The van der Waals surface area contributed by atoms with Gasteiger partial charge in [-0.1, -0.05) is 19.1 Å². The van der Waals surface area contributed by atoms with Crippen molar-refractivity contribution < 1.29 is 41.0 Å². The highest BCUT2D eigenvalue weighted by Gasteiger charge is 2.31. The third-order valence-electron chi connectivity index (χ3n) is 7.58. The van der Waals surface area contributed by atoms with E-state index in [-0.39, 0.29) is 42.5 Å². The average Bonchev–Trinajstić information content (AvgIpc) is 2.93. The van der Waals surface area contributed by atoms with Crippen molar-refractivity contribution >= 4 is 21.6 Å². The summed E-state index contributed by atoms with van der Waals surface area (Å²) in [5, 5.41) is 10.1. The number of anilines is 1. The lowest BCUT2D eigenvalue weighted by molar-refractivity contribution is -0.137. The first-order valence-electron chi connectivity index (χ1n) is 14.7. The van der Waals surface area contributed by atoms with Gasteiger partial charge in [-0.2, -0.15) is 13.2 Å². The Morgan fingerprint density at radius 1 is 1.14 bits per heavy atom. The minimum absolute atomic E-state index is 0.173. The molecule has 2 aromatic carbocycles. The van der Waals surface area contributed by atoms with Crippen LogP contribution in [0.3, 0.4) is 0 Å². The lowest BCUT2D eigenvalue weighted by Crippen LogP contribution is -2.47. The number of nitrogens with zero attached hydrogens (tertiary/aromatic N) is 2. The Labute approximate surface area is 258 Å². The maximum Gasteiger partial charge on any atom is 0.416 e. The number of sulfonamides is 1. The van der Waals surface area contributed by atoms with Crippen molar-refractivity contribution in [3.8, 4) is 5.75 Å². The molecule has 3 rings (SSSR count). The molecule has 246 valence electrons. The Kier molecular flexibility index (Phi) is 12.5. The maximum atomic E-state index is 14.1. The molecule has 0 aliphatic carbocycles. The van der Waals surface area contributed by atoms with Crippen molar-refractivity contribution in [2.24, 2.45) is 5.92 Å². The van der Waals surface area contributed by atoms with Crippen LogP contribution in [0.2, 0.25) is 0 Å². The van der Waals surface area contributed by atoms with Crippen LogP contribution in [-0.2, 0) is 27.5 Å². The molecule has 4 atom stereocenters. The number of aliphatic hydroxyl groups is 1. The van der Waals surface area contributed by atoms with Crippen LogP contribution in [0.1, 0.15) is 61.5 Å². The third kappa shape index (κ3) is 10.6. The number of rotatable bonds is 8. The number of carbonyl (C=O) groups is 1. The van der Waals surface area contributed by atoms with Crippen molar-refractivity contribution in [1.82, 2.24) is 9.80 Å². The van der Waals surface area contributed by atoms with E-state index in [2.05, 4.69) is 4.72 Å². The van der Waals surface area contributed by atoms with E-state index in [0.29, 0.717) is 31.9 Å². The van der Waals surface area contributed by atoms with Crippen LogP contribution in [0.4, 0.5) is 18.9 Å². The van der Waals surface area contributed by atoms with Gasteiger partial charge in [0.25, 0.3) is 5.91 Å². The Hall–Kier alpha value is -2.87. The summed E-state index contributed by atoms with van der Waals surface area (Å²) in [7, 11) is -1.74. The Bertz CT molecular complexity index is 1340. The van der Waals surface area contributed by atoms with Gasteiger partial charge >= 0.3 is 6.18 Å². The third-order valence-corrected chi connectivity index (χ3v) is 8.19. The number of aliphatic hydroxyl groups excluding tert-OH is 1. The van der Waals surface area contributed by atoms with Gasteiger partial charge < -0.3 is 19.5 Å². The zero-order chi connectivity index (χ0) is 32.7. The number of halogens is 3. The molecule has 0 unspecified atom stereocenters. The van der Waals surface area contributed by atoms with E-state index in [9.17, 15) is 31.5 Å². The molecule has 1 aliphatic rings. The molecule has 0 saturated carbocycles. The highest BCUT2D eigenvalue weighted by molar-refractivity contribution is 7.92. The molecule has 1 heterocycles. The number of alkyl halides is 3. The number of hydrogen-bond donors (Lipinski definition) is 2. The Morgan fingerprint density at radius 3 is 2.43 bits per heavy atom. The average molecular weight is 644 g/mol. The van der Waals surface area contributed by atoms with Crippen molar-refractivity contribution in [2.45, 2.75) is 71.0 Å². The fraction of sp³-hybridized carbons (Fsp3) is 0.581. The molecule has 2 N–H and O–H groups in total. The van der Waals surface area contributed by atoms with Crippen molar-refractivity contribution in [1.29, 1.82) is 0 Å². The van der Waals surface area contributed by atoms with Gasteiger partial charge in [0.1, 0.15) is 5.75 Å². The van der Waals surface area contributed by atoms with Gasteiger partial charge in [-0.05, 0) is 76.1 Å². The fourth-order valence-electron chi connectivity index (χ4n) is 5.15. The second kappa shape index (κ2) is 15.4. The first-order chi connectivity index (χ1) is 20.6. The molecule has 1 aliphatic heterocycles. The molecule has 44 heavy (non-hydrogen) atoms. The van der Waals surface area contributed by atoms with Crippen LogP contribution in [0.5, 0.6) is 5.75 Å². The largest absolute Gasteiger partial charge is 0.490 e. The topological polar surface area (TPSA) is 108 Å². The van der Waals surface area contributed by atoms with Gasteiger partial charge in [0.15, 0.2) is 0 Å². The SMILES string of the molecule is C[C@H]1CCCCO[C@H](CN(C)Cc2ccc(C(F)(F)F)cc2)[C@@H](C)CN([C@@H](C)CO)C(=O)c2cc(NS(C)(=O)=O)ccc2O1. The van der Waals surface area contributed by atoms with Crippen LogP contribution in [0, 0.1) is 5.92 Å². The summed E-state index contributed by atoms with van der Waals surface area (Å²) in [6, 6.07) is 9.08. The lowest BCUT2D eigenvalue weighted by atomic mass is 10.0. The van der Waals surface area contributed by atoms with Gasteiger partial charge in [0, 0.05) is 37.8 Å². The van der Waals surface area contributed by atoms with Gasteiger partial charge in [-0.3, -0.25) is 14.4 Å². The van der Waals surface area contributed by atoms with E-state index in [1.807, 2.05) is 25.8 Å². The number of ether oxygens (including phenoxy) is 2. The number of likely N-dealkylation sites (N-methyl/N-ethyl adjacent to an activating group) is 1. The molecule has 0 spiro atoms. The Balaban J connectivity index is 1.88. The molecule has 0 bridgehead atoms. The minimum atomic E-state index is -4.40. The molecule has 1 amide bonds. The first-order valence-corrected chi connectivity index (χ1v) is 16.6. The first kappa shape index (κ1) is 35.6. The molecular weight excluding hydrogens is 599 g/mol. The monoisotopic (exact) mass is 643 g/mol. The molecule has 2 aromatic rings. The zero-order valence-electron chi connectivity index (χ0n) is 25.9. The van der Waals surface area contributed by atoms with Crippen molar-refractivity contribution in [3.05, 3.63) is 59.2 Å². The van der Waals surface area contributed by atoms with Crippen LogP contribution in [-0.4, -0.2) is 87.1 Å². The number of nitrogens with one attached hydrogen (secondary N) is 1. The normalized spacial score (nSPS) is 21.7. The van der Waals surface area contributed by atoms with Gasteiger partial charge in [-0.25, -0.2) is 8.42 Å². The van der Waals surface area contributed by atoms with Crippen molar-refractivity contribution in [3.63, 3.8) is 0 Å². The van der Waals surface area contributed by atoms with Crippen LogP contribution >= 0.6 is 0 Å². The quantitative estimate of drug-likeness (QED) is 0.417. The number of benzene rings is 2. The fourth-order valence-corrected chi connectivity index (χ4v) is 5.70. The van der Waals surface area contributed by atoms with E-state index in [4.69, 9.17) is 9.47 Å². The van der Waals surface area contributed by atoms with Gasteiger partial charge in [0.05, 0.1) is 42.2 Å². The number of fused-ring (bicyclic) bond motifs is 1. The van der Waals surface area contributed by atoms with E-state index in [1.165, 1.54) is 18.2 Å². The van der Waals surface area contributed by atoms with Crippen molar-refractivity contribution in [2.75, 3.05) is 44.3 Å². The molecule has 0 aromatic heterocycles. The highest BCUT2D eigenvalue weighted by atomic mass is 32.2. The summed E-state index contributed by atoms with van der Waals surface area (Å²) in [5.41, 5.74) is 0.415. The summed E-state index contributed by atoms with van der Waals surface area (Å²) < 4.78 is 77.7. The Morgan fingerprint density at radius 2 is 1.82 bits per heavy atom. The maximum absolute atomic E-state index is 14.1. The number of amides is 1. The number of carbonyl (C=O) groups excluding carboxylic acids is 1. The smallest absolute Gasteiger partial charge is 0.416 e. The van der Waals surface area contributed by atoms with Crippen LogP contribution < -0.4 is 9.46 Å². The second-order valence-electron chi connectivity index (χ2n) is 11.8. The predicted molar refractivity (Wildman–Crippen MR) is 163 cm³/mol. The summed E-state index contributed by atoms with van der Waals surface area (Å²) >= 11 is 0. The molecule has 0 radical (unpaired) electrons. The molecule has 13 heteroatoms. The summed E-state index contributed by atoms with van der Waals surface area (Å²) in [6.07, 6.45) is -1.64. The summed E-state index contributed by atoms with van der Waals surface area (Å²) in [4.78, 5) is 17.6. The highest BCUT2D eigenvalue weighted by Crippen LogP contribution is 2.30. The molecule has 9 nitrogen and oxygen atoms in total. The number of hydrogen-bond acceptors (Lipinski definition) is 7. The lowest BCUT2D eigenvalue weighted by Gasteiger charge is -2.36. The van der Waals surface area contributed by atoms with Gasteiger partial charge in [0.2, 0.25) is 10.0 Å². The summed E-state index contributed by atoms with van der Waals surface area (Å²) in [5.74, 6) is -0.302. The molecular formula is C31H44F3N3O6S. The predicted octanol–water partition coefficient (Wildman–Crippen LogP) is 5.00. The van der Waals surface area contributed by atoms with E-state index < -0.39 is 33.7 Å². The molecule has 0 saturated heterocycles. The van der Waals surface area contributed by atoms with Crippen LogP contribution in [0.15, 0.2) is 42.5 Å². The van der Waals surface area contributed by atoms with E-state index in [0.717, 1.165) is 36.8 Å². The van der Waals surface area contributed by atoms with Gasteiger partial charge in [-0.15, -0.1) is 0 Å². The van der Waals surface area contributed by atoms with E-state index in [1.54, 1.807) is 24.0 Å². The summed E-state index contributed by atoms with van der Waals surface area (Å²) in [6.45, 7) is 6.84. The molecule has 0 fully saturated rings. The second-order valence-corrected chi connectivity index (χ2v) is 13.5.